The molecule has 0 N–H and O–H groups in total. The van der Waals surface area contributed by atoms with Crippen molar-refractivity contribution in [2.24, 2.45) is 0 Å². The Hall–Kier alpha value is -3.24. The number of aryl methyl sites for hydroxylation is 1. The van der Waals surface area contributed by atoms with Crippen LogP contribution in [0.1, 0.15) is 27.0 Å². The molecule has 4 aromatic rings. The highest BCUT2D eigenvalue weighted by Gasteiger charge is 2.33. The van der Waals surface area contributed by atoms with Crippen LogP contribution in [0.15, 0.2) is 52.4 Å². The van der Waals surface area contributed by atoms with Crippen LogP contribution in [0.25, 0.3) is 21.7 Å². The van der Waals surface area contributed by atoms with E-state index in [2.05, 4.69) is 10.1 Å². The van der Waals surface area contributed by atoms with Crippen molar-refractivity contribution in [1.29, 1.82) is 0 Å². The fourth-order valence-electron chi connectivity index (χ4n) is 3.75. The first kappa shape index (κ1) is 21.6. The van der Waals surface area contributed by atoms with E-state index in [0.717, 1.165) is 4.88 Å². The van der Waals surface area contributed by atoms with Crippen molar-refractivity contribution in [2.75, 3.05) is 18.9 Å². The average Bonchev–Trinajstić information content (AvgIpc) is 3.58. The van der Waals surface area contributed by atoms with E-state index in [1.54, 1.807) is 36.1 Å². The molecule has 1 aromatic carbocycles. The summed E-state index contributed by atoms with van der Waals surface area (Å²) in [6.07, 6.45) is 0. The monoisotopic (exact) mass is 483 g/mol. The number of thiophene rings is 1. The zero-order valence-electron chi connectivity index (χ0n) is 17.5. The van der Waals surface area contributed by atoms with Crippen molar-refractivity contribution in [3.05, 3.63) is 70.5 Å². The van der Waals surface area contributed by atoms with Gasteiger partial charge in [-0.1, -0.05) is 29.4 Å². The van der Waals surface area contributed by atoms with Crippen molar-refractivity contribution in [3.63, 3.8) is 0 Å². The molecule has 7 nitrogen and oxygen atoms in total. The number of esters is 1. The summed E-state index contributed by atoms with van der Waals surface area (Å²) in [5.41, 5.74) is 1.96. The molecule has 0 saturated carbocycles. The van der Waals surface area contributed by atoms with Crippen LogP contribution >= 0.6 is 23.1 Å². The smallest absolute Gasteiger partial charge is 0.339 e. The predicted octanol–water partition coefficient (Wildman–Crippen LogP) is 4.83. The molecule has 1 saturated heterocycles. The SMILES string of the molecule is Cc1noc2nc(-c3cccs3)cc(C(=O)OCC(=O)N3CCSC3c3ccccc3F)c12. The second-order valence-corrected chi connectivity index (χ2v) is 9.52. The van der Waals surface area contributed by atoms with Gasteiger partial charge in [-0.3, -0.25) is 4.79 Å². The number of carbonyl (C=O) groups is 2. The number of hydrogen-bond donors (Lipinski definition) is 0. The number of fused-ring (bicyclic) bond motifs is 1. The van der Waals surface area contributed by atoms with Gasteiger partial charge in [-0.2, -0.15) is 0 Å². The number of ether oxygens (including phenoxy) is 1. The molecule has 33 heavy (non-hydrogen) atoms. The van der Waals surface area contributed by atoms with E-state index in [9.17, 15) is 14.0 Å². The molecule has 0 spiro atoms. The van der Waals surface area contributed by atoms with Gasteiger partial charge >= 0.3 is 5.97 Å². The summed E-state index contributed by atoms with van der Waals surface area (Å²) < 4.78 is 24.9. The van der Waals surface area contributed by atoms with Gasteiger partial charge in [-0.15, -0.1) is 23.1 Å². The van der Waals surface area contributed by atoms with E-state index >= 15 is 0 Å². The van der Waals surface area contributed by atoms with Crippen LogP contribution in [0.5, 0.6) is 0 Å². The van der Waals surface area contributed by atoms with Crippen molar-refractivity contribution in [2.45, 2.75) is 12.3 Å². The minimum Gasteiger partial charge on any atom is -0.452 e. The second kappa shape index (κ2) is 8.95. The van der Waals surface area contributed by atoms with Crippen LogP contribution in [0.2, 0.25) is 0 Å². The summed E-state index contributed by atoms with van der Waals surface area (Å²) in [6.45, 7) is 1.71. The second-order valence-electron chi connectivity index (χ2n) is 7.39. The topological polar surface area (TPSA) is 85.5 Å². The Morgan fingerprint density at radius 3 is 2.91 bits per heavy atom. The lowest BCUT2D eigenvalue weighted by atomic mass is 10.1. The molecule has 1 unspecified atom stereocenters. The zero-order valence-corrected chi connectivity index (χ0v) is 19.1. The first-order valence-corrected chi connectivity index (χ1v) is 12.1. The van der Waals surface area contributed by atoms with Gasteiger partial charge in [-0.25, -0.2) is 14.2 Å². The Morgan fingerprint density at radius 1 is 1.27 bits per heavy atom. The molecule has 168 valence electrons. The van der Waals surface area contributed by atoms with Crippen LogP contribution < -0.4 is 0 Å². The van der Waals surface area contributed by atoms with Gasteiger partial charge in [0.2, 0.25) is 0 Å². The van der Waals surface area contributed by atoms with E-state index in [0.29, 0.717) is 34.6 Å². The van der Waals surface area contributed by atoms with Gasteiger partial charge in [0, 0.05) is 17.9 Å². The zero-order chi connectivity index (χ0) is 22.9. The number of thioether (sulfide) groups is 1. The van der Waals surface area contributed by atoms with Gasteiger partial charge in [0.1, 0.15) is 11.2 Å². The van der Waals surface area contributed by atoms with Gasteiger partial charge < -0.3 is 14.2 Å². The third kappa shape index (κ3) is 4.11. The number of pyridine rings is 1. The molecular weight excluding hydrogens is 465 g/mol. The molecular formula is C23H18FN3O4S2. The summed E-state index contributed by atoms with van der Waals surface area (Å²) in [5, 5.41) is 5.83. The molecule has 1 aliphatic rings. The van der Waals surface area contributed by atoms with Gasteiger partial charge in [0.25, 0.3) is 11.6 Å². The molecule has 0 aliphatic carbocycles. The third-order valence-electron chi connectivity index (χ3n) is 5.32. The highest BCUT2D eigenvalue weighted by Crippen LogP contribution is 2.39. The maximum atomic E-state index is 14.3. The predicted molar refractivity (Wildman–Crippen MR) is 123 cm³/mol. The normalized spacial score (nSPS) is 15.8. The standard InChI is InChI=1S/C23H18FN3O4S2/c1-13-20-15(11-17(18-7-4-9-32-18)25-21(20)31-26-13)23(29)30-12-19(28)27-8-10-33-22(27)14-5-2-3-6-16(14)24/h2-7,9,11,22H,8,10,12H2,1H3. The lowest BCUT2D eigenvalue weighted by molar-refractivity contribution is -0.134. The first-order valence-electron chi connectivity index (χ1n) is 10.2. The van der Waals surface area contributed by atoms with Crippen molar-refractivity contribution >= 4 is 46.1 Å². The Morgan fingerprint density at radius 2 is 2.12 bits per heavy atom. The number of hydrogen-bond acceptors (Lipinski definition) is 8. The van der Waals surface area contributed by atoms with E-state index < -0.39 is 18.0 Å². The number of amides is 1. The van der Waals surface area contributed by atoms with Crippen LogP contribution in [0.4, 0.5) is 4.39 Å². The van der Waals surface area contributed by atoms with E-state index in [1.165, 1.54) is 29.2 Å². The summed E-state index contributed by atoms with van der Waals surface area (Å²) in [7, 11) is 0. The number of halogens is 1. The molecule has 0 radical (unpaired) electrons. The van der Waals surface area contributed by atoms with Crippen LogP contribution in [-0.4, -0.2) is 45.8 Å². The minimum absolute atomic E-state index is 0.229. The van der Waals surface area contributed by atoms with Crippen molar-refractivity contribution in [3.8, 4) is 10.6 Å². The molecule has 1 amide bonds. The summed E-state index contributed by atoms with van der Waals surface area (Å²) in [4.78, 5) is 32.7. The summed E-state index contributed by atoms with van der Waals surface area (Å²) in [6, 6.07) is 11.8. The molecule has 0 bridgehead atoms. The lowest BCUT2D eigenvalue weighted by Crippen LogP contribution is -2.34. The molecule has 4 heterocycles. The molecule has 1 fully saturated rings. The number of nitrogens with zero attached hydrogens (tertiary/aromatic N) is 3. The van der Waals surface area contributed by atoms with Gasteiger partial charge in [-0.05, 0) is 30.5 Å². The van der Waals surface area contributed by atoms with Crippen LogP contribution in [0, 0.1) is 12.7 Å². The fourth-order valence-corrected chi connectivity index (χ4v) is 5.74. The number of carbonyl (C=O) groups excluding carboxylic acids is 2. The van der Waals surface area contributed by atoms with Gasteiger partial charge in [0.05, 0.1) is 27.2 Å². The number of benzene rings is 1. The van der Waals surface area contributed by atoms with Crippen LogP contribution in [-0.2, 0) is 9.53 Å². The maximum Gasteiger partial charge on any atom is 0.339 e. The van der Waals surface area contributed by atoms with Crippen molar-refractivity contribution < 1.29 is 23.2 Å². The number of aromatic nitrogens is 2. The van der Waals surface area contributed by atoms with Crippen molar-refractivity contribution in [1.82, 2.24) is 15.0 Å². The lowest BCUT2D eigenvalue weighted by Gasteiger charge is -2.24. The quantitative estimate of drug-likeness (QED) is 0.376. The van der Waals surface area contributed by atoms with E-state index in [1.807, 2.05) is 17.5 Å². The third-order valence-corrected chi connectivity index (χ3v) is 7.45. The molecule has 10 heteroatoms. The Labute approximate surface area is 196 Å². The Kier molecular flexibility index (Phi) is 5.86. The van der Waals surface area contributed by atoms with E-state index in [4.69, 9.17) is 9.26 Å². The Bertz CT molecular complexity index is 1340. The summed E-state index contributed by atoms with van der Waals surface area (Å²) in [5.74, 6) is -0.746. The van der Waals surface area contributed by atoms with Crippen LogP contribution in [0.3, 0.4) is 0 Å². The maximum absolute atomic E-state index is 14.3. The summed E-state index contributed by atoms with van der Waals surface area (Å²) >= 11 is 2.95. The highest BCUT2D eigenvalue weighted by molar-refractivity contribution is 7.99. The fraction of sp³-hybridized carbons (Fsp3) is 0.217. The van der Waals surface area contributed by atoms with Gasteiger partial charge in [0.15, 0.2) is 6.61 Å². The molecule has 1 atom stereocenters. The van der Waals surface area contributed by atoms with E-state index in [-0.39, 0.29) is 23.0 Å². The molecule has 1 aliphatic heterocycles. The average molecular weight is 484 g/mol. The molecule has 5 rings (SSSR count). The molecule has 3 aromatic heterocycles. The Balaban J connectivity index is 1.36. The first-order chi connectivity index (χ1) is 16.0. The minimum atomic E-state index is -0.672. The highest BCUT2D eigenvalue weighted by atomic mass is 32.2. The number of rotatable bonds is 5. The largest absolute Gasteiger partial charge is 0.452 e.